The van der Waals surface area contributed by atoms with Crippen molar-refractivity contribution in [2.75, 3.05) is 19.6 Å². The minimum atomic E-state index is 0.202. The lowest BCUT2D eigenvalue weighted by Gasteiger charge is -2.21. The molecule has 2 bridgehead atoms. The zero-order valence-corrected chi connectivity index (χ0v) is 9.99. The highest BCUT2D eigenvalue weighted by molar-refractivity contribution is 5.75. The van der Waals surface area contributed by atoms with Gasteiger partial charge in [0.25, 0.3) is 0 Å². The summed E-state index contributed by atoms with van der Waals surface area (Å²) < 4.78 is 0. The van der Waals surface area contributed by atoms with Crippen LogP contribution >= 0.6 is 0 Å². The molecule has 5 N–H and O–H groups in total. The van der Waals surface area contributed by atoms with Crippen molar-refractivity contribution in [2.45, 2.75) is 32.1 Å². The number of hydrogen-bond acceptors (Lipinski definition) is 2. The van der Waals surface area contributed by atoms with E-state index in [1.165, 1.54) is 32.2 Å². The third kappa shape index (κ3) is 3.11. The molecule has 4 heteroatoms. The fourth-order valence-electron chi connectivity index (χ4n) is 3.33. The van der Waals surface area contributed by atoms with Crippen molar-refractivity contribution >= 4 is 5.96 Å². The number of hydrogen-bond donors (Lipinski definition) is 3. The highest BCUT2D eigenvalue weighted by Gasteiger charge is 2.38. The molecular formula is C12H24N4. The zero-order valence-electron chi connectivity index (χ0n) is 9.99. The molecule has 0 aliphatic heterocycles. The second-order valence-corrected chi connectivity index (χ2v) is 5.30. The number of nitrogens with two attached hydrogens (primary N) is 2. The van der Waals surface area contributed by atoms with Crippen molar-refractivity contribution in [2.24, 2.45) is 34.2 Å². The molecule has 0 aromatic rings. The number of rotatable bonds is 6. The zero-order chi connectivity index (χ0) is 11.4. The van der Waals surface area contributed by atoms with Crippen molar-refractivity contribution in [1.82, 2.24) is 5.32 Å². The van der Waals surface area contributed by atoms with E-state index in [9.17, 15) is 0 Å². The van der Waals surface area contributed by atoms with Gasteiger partial charge < -0.3 is 16.8 Å². The van der Waals surface area contributed by atoms with E-state index >= 15 is 0 Å². The van der Waals surface area contributed by atoms with E-state index < -0.39 is 0 Å². The normalized spacial score (nSPS) is 31.9. The number of nitrogens with one attached hydrogen (secondary N) is 1. The van der Waals surface area contributed by atoms with Gasteiger partial charge >= 0.3 is 0 Å². The molecule has 0 spiro atoms. The molecule has 0 aromatic heterocycles. The Hall–Kier alpha value is -0.770. The quantitative estimate of drug-likeness (QED) is 0.353. The molecule has 16 heavy (non-hydrogen) atoms. The van der Waals surface area contributed by atoms with Crippen LogP contribution in [0.15, 0.2) is 4.99 Å². The van der Waals surface area contributed by atoms with Crippen LogP contribution in [0.1, 0.15) is 32.1 Å². The molecule has 0 aromatic carbocycles. The summed E-state index contributed by atoms with van der Waals surface area (Å²) in [6, 6.07) is 0. The molecule has 0 heterocycles. The maximum absolute atomic E-state index is 5.26. The third-order valence-corrected chi connectivity index (χ3v) is 4.10. The van der Waals surface area contributed by atoms with Gasteiger partial charge in [0, 0.05) is 6.54 Å². The topological polar surface area (TPSA) is 76.4 Å². The molecule has 4 nitrogen and oxygen atoms in total. The van der Waals surface area contributed by atoms with Crippen LogP contribution in [0.5, 0.6) is 0 Å². The summed E-state index contributed by atoms with van der Waals surface area (Å²) in [5.74, 6) is 3.23. The van der Waals surface area contributed by atoms with Gasteiger partial charge in [-0.3, -0.25) is 4.99 Å². The van der Waals surface area contributed by atoms with E-state index in [1.54, 1.807) is 0 Å². The van der Waals surface area contributed by atoms with Gasteiger partial charge in [-0.05, 0) is 56.5 Å². The van der Waals surface area contributed by atoms with Crippen molar-refractivity contribution < 1.29 is 0 Å². The molecule has 0 saturated heterocycles. The first-order valence-corrected chi connectivity index (χ1v) is 6.52. The molecule has 3 unspecified atom stereocenters. The van der Waals surface area contributed by atoms with Crippen molar-refractivity contribution in [3.8, 4) is 0 Å². The lowest BCUT2D eigenvalue weighted by atomic mass is 9.89. The first kappa shape index (κ1) is 11.7. The van der Waals surface area contributed by atoms with Crippen molar-refractivity contribution in [3.05, 3.63) is 0 Å². The van der Waals surface area contributed by atoms with Crippen LogP contribution in [0.3, 0.4) is 0 Å². The predicted octanol–water partition coefficient (Wildman–Crippen LogP) is 0.676. The Bertz CT molecular complexity index is 247. The SMILES string of the molecule is NC(N)=NCCCNCC1CC2CCC1C2. The van der Waals surface area contributed by atoms with E-state index in [4.69, 9.17) is 11.5 Å². The third-order valence-electron chi connectivity index (χ3n) is 4.10. The summed E-state index contributed by atoms with van der Waals surface area (Å²) in [6.45, 7) is 2.97. The van der Waals surface area contributed by atoms with E-state index in [-0.39, 0.29) is 5.96 Å². The molecule has 2 rings (SSSR count). The van der Waals surface area contributed by atoms with Gasteiger partial charge in [0.1, 0.15) is 0 Å². The van der Waals surface area contributed by atoms with Gasteiger partial charge in [-0.1, -0.05) is 6.42 Å². The van der Waals surface area contributed by atoms with Gasteiger partial charge in [-0.2, -0.15) is 0 Å². The number of fused-ring (bicyclic) bond motifs is 2. The smallest absolute Gasteiger partial charge is 0.185 e. The lowest BCUT2D eigenvalue weighted by molar-refractivity contribution is 0.319. The lowest BCUT2D eigenvalue weighted by Crippen LogP contribution is -2.28. The first-order valence-electron chi connectivity index (χ1n) is 6.52. The van der Waals surface area contributed by atoms with Gasteiger partial charge in [0.05, 0.1) is 0 Å². The highest BCUT2D eigenvalue weighted by Crippen LogP contribution is 2.47. The fourth-order valence-corrected chi connectivity index (χ4v) is 3.33. The summed E-state index contributed by atoms with van der Waals surface area (Å²) in [4.78, 5) is 3.96. The van der Waals surface area contributed by atoms with Crippen molar-refractivity contribution in [3.63, 3.8) is 0 Å². The Kier molecular flexibility index (Phi) is 4.04. The molecule has 0 radical (unpaired) electrons. The largest absolute Gasteiger partial charge is 0.370 e. The van der Waals surface area contributed by atoms with Crippen LogP contribution in [0, 0.1) is 17.8 Å². The molecule has 2 saturated carbocycles. The molecule has 92 valence electrons. The Morgan fingerprint density at radius 3 is 2.75 bits per heavy atom. The summed E-state index contributed by atoms with van der Waals surface area (Å²) in [5, 5.41) is 3.54. The second kappa shape index (κ2) is 5.53. The predicted molar refractivity (Wildman–Crippen MR) is 67.1 cm³/mol. The van der Waals surface area contributed by atoms with E-state index in [2.05, 4.69) is 10.3 Å². The Balaban J connectivity index is 1.51. The van der Waals surface area contributed by atoms with Crippen LogP contribution in [0.25, 0.3) is 0 Å². The average Bonchev–Trinajstić information content (AvgIpc) is 2.84. The summed E-state index contributed by atoms with van der Waals surface area (Å²) in [6.07, 6.45) is 6.96. The summed E-state index contributed by atoms with van der Waals surface area (Å²) >= 11 is 0. The standard InChI is InChI=1S/C12H24N4/c13-12(14)16-5-1-4-15-8-11-7-9-2-3-10(11)6-9/h9-11,15H,1-8H2,(H4,13,14,16). The molecule has 2 fully saturated rings. The molecule has 3 atom stereocenters. The van der Waals surface area contributed by atoms with Gasteiger partial charge in [-0.15, -0.1) is 0 Å². The van der Waals surface area contributed by atoms with Crippen LogP contribution < -0.4 is 16.8 Å². The number of guanidine groups is 1. The van der Waals surface area contributed by atoms with Crippen molar-refractivity contribution in [1.29, 1.82) is 0 Å². The first-order chi connectivity index (χ1) is 7.75. The van der Waals surface area contributed by atoms with Gasteiger partial charge in [-0.25, -0.2) is 0 Å². The molecule has 0 amide bonds. The van der Waals surface area contributed by atoms with Gasteiger partial charge in [0.2, 0.25) is 0 Å². The Labute approximate surface area is 97.9 Å². The molecule has 2 aliphatic carbocycles. The number of nitrogens with zero attached hydrogens (tertiary/aromatic N) is 1. The number of aliphatic imine (C=N–C) groups is 1. The van der Waals surface area contributed by atoms with E-state index in [0.717, 1.165) is 37.3 Å². The van der Waals surface area contributed by atoms with Crippen LogP contribution in [0.2, 0.25) is 0 Å². The maximum atomic E-state index is 5.26. The van der Waals surface area contributed by atoms with Crippen LogP contribution in [0.4, 0.5) is 0 Å². The summed E-state index contributed by atoms with van der Waals surface area (Å²) in [7, 11) is 0. The summed E-state index contributed by atoms with van der Waals surface area (Å²) in [5.41, 5.74) is 10.5. The monoisotopic (exact) mass is 224 g/mol. The second-order valence-electron chi connectivity index (χ2n) is 5.30. The molecular weight excluding hydrogens is 200 g/mol. The van der Waals surface area contributed by atoms with E-state index in [1.807, 2.05) is 0 Å². The highest BCUT2D eigenvalue weighted by atomic mass is 15.0. The van der Waals surface area contributed by atoms with Crippen LogP contribution in [-0.4, -0.2) is 25.6 Å². The maximum Gasteiger partial charge on any atom is 0.185 e. The molecule has 2 aliphatic rings. The minimum absolute atomic E-state index is 0.202. The van der Waals surface area contributed by atoms with Crippen LogP contribution in [-0.2, 0) is 0 Å². The Morgan fingerprint density at radius 1 is 1.25 bits per heavy atom. The Morgan fingerprint density at radius 2 is 2.12 bits per heavy atom. The minimum Gasteiger partial charge on any atom is -0.370 e. The average molecular weight is 224 g/mol. The van der Waals surface area contributed by atoms with Gasteiger partial charge in [0.15, 0.2) is 5.96 Å². The fraction of sp³-hybridized carbons (Fsp3) is 0.917. The van der Waals surface area contributed by atoms with E-state index in [0.29, 0.717) is 0 Å².